The molecule has 0 aromatic heterocycles. The number of ether oxygens (including phenoxy) is 2. The highest BCUT2D eigenvalue weighted by molar-refractivity contribution is 5.87. The summed E-state index contributed by atoms with van der Waals surface area (Å²) < 4.78 is 10.7. The SMILES string of the molecule is COCc1cc(CN2CCCC(c3cccc(C(=O)O)c3)C2)ccc1OC. The third-order valence-corrected chi connectivity index (χ3v) is 5.16. The lowest BCUT2D eigenvalue weighted by Crippen LogP contribution is -2.34. The van der Waals surface area contributed by atoms with Crippen LogP contribution in [0, 0.1) is 0 Å². The Kier molecular flexibility index (Phi) is 6.48. The van der Waals surface area contributed by atoms with E-state index in [0.717, 1.165) is 49.4 Å². The predicted octanol–water partition coefficient (Wildman–Crippen LogP) is 3.92. The van der Waals surface area contributed by atoms with Crippen LogP contribution in [0.4, 0.5) is 0 Å². The van der Waals surface area contributed by atoms with Crippen molar-refractivity contribution in [1.82, 2.24) is 4.90 Å². The topological polar surface area (TPSA) is 59.0 Å². The van der Waals surface area contributed by atoms with E-state index in [0.29, 0.717) is 18.1 Å². The fourth-order valence-corrected chi connectivity index (χ4v) is 3.85. The van der Waals surface area contributed by atoms with E-state index in [4.69, 9.17) is 9.47 Å². The van der Waals surface area contributed by atoms with Gasteiger partial charge in [0.1, 0.15) is 5.75 Å². The third kappa shape index (κ3) is 4.87. The van der Waals surface area contributed by atoms with Gasteiger partial charge in [-0.15, -0.1) is 0 Å². The molecule has 0 aliphatic carbocycles. The van der Waals surface area contributed by atoms with E-state index >= 15 is 0 Å². The van der Waals surface area contributed by atoms with E-state index < -0.39 is 5.97 Å². The number of hydrogen-bond donors (Lipinski definition) is 1. The van der Waals surface area contributed by atoms with Gasteiger partial charge in [-0.05, 0) is 60.7 Å². The average Bonchev–Trinajstić information content (AvgIpc) is 2.69. The Morgan fingerprint density at radius 3 is 2.81 bits per heavy atom. The summed E-state index contributed by atoms with van der Waals surface area (Å²) >= 11 is 0. The Labute approximate surface area is 160 Å². The van der Waals surface area contributed by atoms with Crippen LogP contribution in [0.5, 0.6) is 5.75 Å². The molecule has 1 heterocycles. The maximum Gasteiger partial charge on any atom is 0.335 e. The van der Waals surface area contributed by atoms with E-state index in [2.05, 4.69) is 17.0 Å². The summed E-state index contributed by atoms with van der Waals surface area (Å²) in [6.45, 7) is 3.40. The monoisotopic (exact) mass is 369 g/mol. The molecule has 144 valence electrons. The van der Waals surface area contributed by atoms with Crippen molar-refractivity contribution in [3.63, 3.8) is 0 Å². The summed E-state index contributed by atoms with van der Waals surface area (Å²) in [7, 11) is 3.36. The summed E-state index contributed by atoms with van der Waals surface area (Å²) in [6.07, 6.45) is 2.21. The van der Waals surface area contributed by atoms with Crippen molar-refractivity contribution >= 4 is 5.97 Å². The molecule has 2 aromatic rings. The Hall–Kier alpha value is -2.37. The maximum atomic E-state index is 11.2. The van der Waals surface area contributed by atoms with Gasteiger partial charge in [0.25, 0.3) is 0 Å². The number of rotatable bonds is 7. The Morgan fingerprint density at radius 2 is 2.07 bits per heavy atom. The van der Waals surface area contributed by atoms with Crippen LogP contribution in [0.3, 0.4) is 0 Å². The van der Waals surface area contributed by atoms with Crippen LogP contribution in [0.1, 0.15) is 45.8 Å². The minimum atomic E-state index is -0.867. The first-order chi connectivity index (χ1) is 13.1. The number of piperidine rings is 1. The smallest absolute Gasteiger partial charge is 0.335 e. The molecule has 1 unspecified atom stereocenters. The molecule has 5 heteroatoms. The molecule has 27 heavy (non-hydrogen) atoms. The molecule has 1 fully saturated rings. The number of likely N-dealkylation sites (tertiary alicyclic amines) is 1. The Bertz CT molecular complexity index is 790. The molecule has 0 radical (unpaired) electrons. The van der Waals surface area contributed by atoms with Gasteiger partial charge in [0, 0.05) is 25.8 Å². The first-order valence-corrected chi connectivity index (χ1v) is 9.31. The van der Waals surface area contributed by atoms with Gasteiger partial charge in [0.05, 0.1) is 19.3 Å². The lowest BCUT2D eigenvalue weighted by atomic mass is 9.89. The highest BCUT2D eigenvalue weighted by Gasteiger charge is 2.22. The summed E-state index contributed by atoms with van der Waals surface area (Å²) in [5, 5.41) is 9.24. The van der Waals surface area contributed by atoms with Crippen molar-refractivity contribution in [1.29, 1.82) is 0 Å². The quantitative estimate of drug-likeness (QED) is 0.802. The van der Waals surface area contributed by atoms with E-state index in [1.807, 2.05) is 24.3 Å². The molecular weight excluding hydrogens is 342 g/mol. The number of aromatic carboxylic acids is 1. The molecular formula is C22H27NO4. The van der Waals surface area contributed by atoms with Gasteiger partial charge in [-0.2, -0.15) is 0 Å². The molecule has 0 saturated carbocycles. The average molecular weight is 369 g/mol. The zero-order valence-corrected chi connectivity index (χ0v) is 16.0. The highest BCUT2D eigenvalue weighted by Crippen LogP contribution is 2.29. The van der Waals surface area contributed by atoms with Gasteiger partial charge in [0.15, 0.2) is 0 Å². The van der Waals surface area contributed by atoms with E-state index in [1.54, 1.807) is 20.3 Å². The van der Waals surface area contributed by atoms with E-state index in [9.17, 15) is 9.90 Å². The zero-order valence-electron chi connectivity index (χ0n) is 16.0. The first-order valence-electron chi connectivity index (χ1n) is 9.31. The van der Waals surface area contributed by atoms with Crippen LogP contribution in [0.2, 0.25) is 0 Å². The number of nitrogens with zero attached hydrogens (tertiary/aromatic N) is 1. The highest BCUT2D eigenvalue weighted by atomic mass is 16.5. The van der Waals surface area contributed by atoms with Crippen LogP contribution in [-0.4, -0.2) is 43.3 Å². The van der Waals surface area contributed by atoms with Crippen LogP contribution < -0.4 is 4.74 Å². The fraction of sp³-hybridized carbons (Fsp3) is 0.409. The molecule has 1 aliphatic heterocycles. The molecule has 0 spiro atoms. The van der Waals surface area contributed by atoms with E-state index in [1.165, 1.54) is 5.56 Å². The number of benzene rings is 2. The molecule has 3 rings (SSSR count). The summed E-state index contributed by atoms with van der Waals surface area (Å²) in [5.74, 6) is 0.353. The fourth-order valence-electron chi connectivity index (χ4n) is 3.85. The maximum absolute atomic E-state index is 11.2. The van der Waals surface area contributed by atoms with Crippen molar-refractivity contribution in [2.75, 3.05) is 27.3 Å². The van der Waals surface area contributed by atoms with Gasteiger partial charge in [-0.3, -0.25) is 4.90 Å². The van der Waals surface area contributed by atoms with Crippen molar-refractivity contribution in [2.24, 2.45) is 0 Å². The molecule has 2 aromatic carbocycles. The second-order valence-corrected chi connectivity index (χ2v) is 7.08. The molecule has 0 bridgehead atoms. The summed E-state index contributed by atoms with van der Waals surface area (Å²) in [4.78, 5) is 13.7. The standard InChI is InChI=1S/C22H27NO4/c1-26-15-20-11-16(8-9-21(20)27-2)13-23-10-4-7-19(14-23)17-5-3-6-18(12-17)22(24)25/h3,5-6,8-9,11-12,19H,4,7,10,13-15H2,1-2H3,(H,24,25). The minimum Gasteiger partial charge on any atom is -0.496 e. The molecule has 5 nitrogen and oxygen atoms in total. The lowest BCUT2D eigenvalue weighted by Gasteiger charge is -2.33. The van der Waals surface area contributed by atoms with Crippen LogP contribution in [-0.2, 0) is 17.9 Å². The second-order valence-electron chi connectivity index (χ2n) is 7.08. The lowest BCUT2D eigenvalue weighted by molar-refractivity contribution is 0.0696. The molecule has 1 atom stereocenters. The van der Waals surface area contributed by atoms with Gasteiger partial charge in [0.2, 0.25) is 0 Å². The van der Waals surface area contributed by atoms with Gasteiger partial charge in [-0.1, -0.05) is 18.2 Å². The van der Waals surface area contributed by atoms with Crippen molar-refractivity contribution in [3.05, 3.63) is 64.7 Å². The van der Waals surface area contributed by atoms with Crippen molar-refractivity contribution in [3.8, 4) is 5.75 Å². The van der Waals surface area contributed by atoms with Crippen LogP contribution in [0.15, 0.2) is 42.5 Å². The Balaban J connectivity index is 1.71. The molecule has 1 saturated heterocycles. The van der Waals surface area contributed by atoms with Crippen molar-refractivity contribution < 1.29 is 19.4 Å². The number of carbonyl (C=O) groups is 1. The Morgan fingerprint density at radius 1 is 1.22 bits per heavy atom. The number of methoxy groups -OCH3 is 2. The van der Waals surface area contributed by atoms with Gasteiger partial charge >= 0.3 is 5.97 Å². The number of carboxylic acids is 1. The molecule has 1 aliphatic rings. The van der Waals surface area contributed by atoms with E-state index in [-0.39, 0.29) is 0 Å². The summed E-state index contributed by atoms with van der Waals surface area (Å²) in [6, 6.07) is 13.6. The van der Waals surface area contributed by atoms with Crippen LogP contribution >= 0.6 is 0 Å². The predicted molar refractivity (Wildman–Crippen MR) is 104 cm³/mol. The zero-order chi connectivity index (χ0) is 19.2. The van der Waals surface area contributed by atoms with Gasteiger partial charge < -0.3 is 14.6 Å². The molecule has 0 amide bonds. The largest absolute Gasteiger partial charge is 0.496 e. The normalized spacial score (nSPS) is 17.6. The number of carboxylic acid groups (broad SMARTS) is 1. The second kappa shape index (κ2) is 9.02. The van der Waals surface area contributed by atoms with Crippen molar-refractivity contribution in [2.45, 2.75) is 31.9 Å². The van der Waals surface area contributed by atoms with Gasteiger partial charge in [-0.25, -0.2) is 4.79 Å². The summed E-state index contributed by atoms with van der Waals surface area (Å²) in [5.41, 5.74) is 3.78. The third-order valence-electron chi connectivity index (χ3n) is 5.16. The first kappa shape index (κ1) is 19.4. The van der Waals surface area contributed by atoms with Crippen LogP contribution in [0.25, 0.3) is 0 Å². The number of hydrogen-bond acceptors (Lipinski definition) is 4. The minimum absolute atomic E-state index is 0.365. The molecule has 1 N–H and O–H groups in total.